The van der Waals surface area contributed by atoms with Crippen LogP contribution in [-0.4, -0.2) is 48.3 Å². The number of amides is 2. The third-order valence-electron chi connectivity index (χ3n) is 3.80. The number of carbonyl (C=O) groups is 2. The van der Waals surface area contributed by atoms with Gasteiger partial charge in [-0.15, -0.1) is 0 Å². The smallest absolute Gasteiger partial charge is 0.248 e. The zero-order valence-corrected chi connectivity index (χ0v) is 12.7. The molecule has 0 bridgehead atoms. The molecule has 0 aromatic heterocycles. The number of primary amides is 1. The number of nitrogens with two attached hydrogens (primary N) is 1. The number of hydrogen-bond donors (Lipinski definition) is 1. The molecule has 5 heteroatoms. The summed E-state index contributed by atoms with van der Waals surface area (Å²) in [6, 6.07) is 7.98. The maximum atomic E-state index is 11.7. The SMILES string of the molecule is CN(C)C(=O)CCN(Cc1ccc(C(N)=O)cc1)C1CC1. The minimum atomic E-state index is -0.405. The summed E-state index contributed by atoms with van der Waals surface area (Å²) in [5.74, 6) is -0.248. The van der Waals surface area contributed by atoms with Crippen LogP contribution >= 0.6 is 0 Å². The van der Waals surface area contributed by atoms with Gasteiger partial charge in [-0.1, -0.05) is 12.1 Å². The van der Waals surface area contributed by atoms with Crippen molar-refractivity contribution in [2.45, 2.75) is 31.8 Å². The number of hydrogen-bond acceptors (Lipinski definition) is 3. The van der Waals surface area contributed by atoms with Gasteiger partial charge >= 0.3 is 0 Å². The van der Waals surface area contributed by atoms with Crippen LogP contribution in [0.3, 0.4) is 0 Å². The molecule has 2 N–H and O–H groups in total. The summed E-state index contributed by atoms with van der Waals surface area (Å²) < 4.78 is 0. The summed E-state index contributed by atoms with van der Waals surface area (Å²) in [5, 5.41) is 0. The van der Waals surface area contributed by atoms with E-state index in [4.69, 9.17) is 5.73 Å². The normalized spacial score (nSPS) is 14.2. The van der Waals surface area contributed by atoms with Gasteiger partial charge in [-0.3, -0.25) is 14.5 Å². The molecule has 1 aromatic carbocycles. The molecular formula is C16H23N3O2. The average Bonchev–Trinajstić information content (AvgIpc) is 3.27. The molecule has 0 atom stereocenters. The molecule has 1 aliphatic carbocycles. The predicted octanol–water partition coefficient (Wildman–Crippen LogP) is 1.23. The number of rotatable bonds is 7. The molecule has 0 radical (unpaired) electrons. The van der Waals surface area contributed by atoms with Gasteiger partial charge in [0.05, 0.1) is 0 Å². The molecule has 5 nitrogen and oxygen atoms in total. The van der Waals surface area contributed by atoms with E-state index < -0.39 is 5.91 Å². The third-order valence-corrected chi connectivity index (χ3v) is 3.80. The van der Waals surface area contributed by atoms with Crippen LogP contribution in [0.1, 0.15) is 35.2 Å². The minimum absolute atomic E-state index is 0.157. The van der Waals surface area contributed by atoms with Gasteiger partial charge in [0, 0.05) is 45.2 Å². The van der Waals surface area contributed by atoms with Gasteiger partial charge in [0.2, 0.25) is 11.8 Å². The fourth-order valence-corrected chi connectivity index (χ4v) is 2.30. The van der Waals surface area contributed by atoms with Crippen LogP contribution in [0, 0.1) is 0 Å². The third kappa shape index (κ3) is 4.56. The summed E-state index contributed by atoms with van der Waals surface area (Å²) in [4.78, 5) is 26.8. The van der Waals surface area contributed by atoms with Gasteiger partial charge in [0.25, 0.3) is 0 Å². The van der Waals surface area contributed by atoms with E-state index in [0.717, 1.165) is 18.7 Å². The topological polar surface area (TPSA) is 66.6 Å². The highest BCUT2D eigenvalue weighted by molar-refractivity contribution is 5.92. The first-order chi connectivity index (χ1) is 9.97. The van der Waals surface area contributed by atoms with E-state index in [2.05, 4.69) is 4.90 Å². The molecule has 0 unspecified atom stereocenters. The molecule has 1 fully saturated rings. The van der Waals surface area contributed by atoms with Crippen molar-refractivity contribution in [2.24, 2.45) is 5.73 Å². The van der Waals surface area contributed by atoms with Gasteiger partial charge in [-0.05, 0) is 30.5 Å². The van der Waals surface area contributed by atoms with Crippen molar-refractivity contribution >= 4 is 11.8 Å². The molecule has 0 spiro atoms. The van der Waals surface area contributed by atoms with Crippen molar-refractivity contribution in [3.8, 4) is 0 Å². The second kappa shape index (κ2) is 6.72. The maximum Gasteiger partial charge on any atom is 0.248 e. The Kier molecular flexibility index (Phi) is 4.96. The monoisotopic (exact) mass is 289 g/mol. The Balaban J connectivity index is 1.93. The van der Waals surface area contributed by atoms with Crippen molar-refractivity contribution in [3.05, 3.63) is 35.4 Å². The van der Waals surface area contributed by atoms with E-state index in [1.807, 2.05) is 12.1 Å². The standard InChI is InChI=1S/C16H23N3O2/c1-18(2)15(20)9-10-19(14-7-8-14)11-12-3-5-13(6-4-12)16(17)21/h3-6,14H,7-11H2,1-2H3,(H2,17,21). The van der Waals surface area contributed by atoms with E-state index in [-0.39, 0.29) is 5.91 Å². The van der Waals surface area contributed by atoms with Gasteiger partial charge in [0.1, 0.15) is 0 Å². The van der Waals surface area contributed by atoms with E-state index in [1.165, 1.54) is 12.8 Å². The highest BCUT2D eigenvalue weighted by atomic mass is 16.2. The Morgan fingerprint density at radius 3 is 2.29 bits per heavy atom. The quantitative estimate of drug-likeness (QED) is 0.821. The molecule has 1 aliphatic rings. The highest BCUT2D eigenvalue weighted by Crippen LogP contribution is 2.28. The van der Waals surface area contributed by atoms with Crippen LogP contribution in [-0.2, 0) is 11.3 Å². The fourth-order valence-electron chi connectivity index (χ4n) is 2.30. The lowest BCUT2D eigenvalue weighted by atomic mass is 10.1. The van der Waals surface area contributed by atoms with Crippen LogP contribution in [0.25, 0.3) is 0 Å². The van der Waals surface area contributed by atoms with Gasteiger partial charge in [0.15, 0.2) is 0 Å². The second-order valence-corrected chi connectivity index (χ2v) is 5.80. The molecule has 0 saturated heterocycles. The van der Waals surface area contributed by atoms with E-state index in [9.17, 15) is 9.59 Å². The molecule has 0 heterocycles. The molecular weight excluding hydrogens is 266 g/mol. The van der Waals surface area contributed by atoms with E-state index >= 15 is 0 Å². The van der Waals surface area contributed by atoms with Crippen LogP contribution in [0.15, 0.2) is 24.3 Å². The Morgan fingerprint density at radius 2 is 1.81 bits per heavy atom. The molecule has 1 aromatic rings. The Labute approximate surface area is 125 Å². The van der Waals surface area contributed by atoms with Crippen molar-refractivity contribution in [1.82, 2.24) is 9.80 Å². The largest absolute Gasteiger partial charge is 0.366 e. The molecule has 21 heavy (non-hydrogen) atoms. The van der Waals surface area contributed by atoms with Crippen LogP contribution in [0.4, 0.5) is 0 Å². The van der Waals surface area contributed by atoms with Gasteiger partial charge < -0.3 is 10.6 Å². The van der Waals surface area contributed by atoms with E-state index in [1.54, 1.807) is 31.1 Å². The summed E-state index contributed by atoms with van der Waals surface area (Å²) in [6.45, 7) is 1.59. The number of nitrogens with zero attached hydrogens (tertiary/aromatic N) is 2. The maximum absolute atomic E-state index is 11.7. The second-order valence-electron chi connectivity index (χ2n) is 5.80. The first-order valence-electron chi connectivity index (χ1n) is 7.30. The first kappa shape index (κ1) is 15.5. The van der Waals surface area contributed by atoms with Gasteiger partial charge in [-0.25, -0.2) is 0 Å². The summed E-state index contributed by atoms with van der Waals surface area (Å²) in [5.41, 5.74) is 6.91. The van der Waals surface area contributed by atoms with Crippen molar-refractivity contribution in [2.75, 3.05) is 20.6 Å². The van der Waals surface area contributed by atoms with Crippen molar-refractivity contribution in [3.63, 3.8) is 0 Å². The Morgan fingerprint density at radius 1 is 1.19 bits per heavy atom. The summed E-state index contributed by atoms with van der Waals surface area (Å²) in [6.07, 6.45) is 2.95. The summed E-state index contributed by atoms with van der Waals surface area (Å²) >= 11 is 0. The van der Waals surface area contributed by atoms with Gasteiger partial charge in [-0.2, -0.15) is 0 Å². The summed E-state index contributed by atoms with van der Waals surface area (Å²) in [7, 11) is 3.57. The van der Waals surface area contributed by atoms with Crippen molar-refractivity contribution < 1.29 is 9.59 Å². The molecule has 0 aliphatic heterocycles. The molecule has 114 valence electrons. The zero-order chi connectivity index (χ0) is 15.4. The zero-order valence-electron chi connectivity index (χ0n) is 12.7. The lowest BCUT2D eigenvalue weighted by Crippen LogP contribution is -2.31. The lowest BCUT2D eigenvalue weighted by Gasteiger charge is -2.22. The van der Waals surface area contributed by atoms with Crippen LogP contribution in [0.5, 0.6) is 0 Å². The molecule has 1 saturated carbocycles. The number of benzene rings is 1. The minimum Gasteiger partial charge on any atom is -0.366 e. The Hall–Kier alpha value is -1.88. The first-order valence-corrected chi connectivity index (χ1v) is 7.30. The van der Waals surface area contributed by atoms with E-state index in [0.29, 0.717) is 18.0 Å². The molecule has 2 rings (SSSR count). The van der Waals surface area contributed by atoms with Crippen LogP contribution in [0.2, 0.25) is 0 Å². The highest BCUT2D eigenvalue weighted by Gasteiger charge is 2.29. The predicted molar refractivity (Wildman–Crippen MR) is 81.7 cm³/mol. The number of carbonyl (C=O) groups excluding carboxylic acids is 2. The van der Waals surface area contributed by atoms with Crippen molar-refractivity contribution in [1.29, 1.82) is 0 Å². The average molecular weight is 289 g/mol. The lowest BCUT2D eigenvalue weighted by molar-refractivity contribution is -0.129. The fraction of sp³-hybridized carbons (Fsp3) is 0.500. The van der Waals surface area contributed by atoms with Crippen LogP contribution < -0.4 is 5.73 Å². The molecule has 2 amide bonds. The Bertz CT molecular complexity index is 507.